The van der Waals surface area contributed by atoms with E-state index in [-0.39, 0.29) is 18.8 Å². The Bertz CT molecular complexity index is 726. The first-order valence-corrected chi connectivity index (χ1v) is 6.84. The predicted octanol–water partition coefficient (Wildman–Crippen LogP) is 5.35. The zero-order valence-electron chi connectivity index (χ0n) is 14.1. The fraction of sp³-hybridized carbons (Fsp3) is 0.500. The minimum absolute atomic E-state index is 0.0352. The molecule has 19 heteroatoms. The summed E-state index contributed by atoms with van der Waals surface area (Å²) in [6, 6.07) is -2.78. The highest BCUT2D eigenvalue weighted by atomic mass is 19.4. The zero-order valence-corrected chi connectivity index (χ0v) is 14.1. The van der Waals surface area contributed by atoms with E-state index in [2.05, 4.69) is 33.2 Å². The fourth-order valence-electron chi connectivity index (χ4n) is 1.24. The molecule has 3 rings (SSSR count). The normalized spacial score (nSPS) is 25.1. The van der Waals surface area contributed by atoms with E-state index in [1.807, 2.05) is 0 Å². The van der Waals surface area contributed by atoms with Gasteiger partial charge in [0.1, 0.15) is 0 Å². The topological polar surface area (TPSA) is 64.6 Å². The molecule has 1 atom stereocenters. The van der Waals surface area contributed by atoms with Crippen LogP contribution in [0.4, 0.5) is 52.7 Å². The fourth-order valence-corrected chi connectivity index (χ4v) is 1.24. The smallest absolute Gasteiger partial charge is 0.446 e. The average Bonchev–Trinajstić information content (AvgIpc) is 3.16. The van der Waals surface area contributed by atoms with Gasteiger partial charge in [0.15, 0.2) is 18.8 Å². The summed E-state index contributed by atoms with van der Waals surface area (Å²) in [4.78, 5) is 0. The summed E-state index contributed by atoms with van der Waals surface area (Å²) in [6.07, 6.45) is -17.2. The molecular weight excluding hydrogens is 484 g/mol. The van der Waals surface area contributed by atoms with Crippen molar-refractivity contribution >= 4 is 0 Å². The van der Waals surface area contributed by atoms with Gasteiger partial charge in [0, 0.05) is 6.92 Å². The van der Waals surface area contributed by atoms with E-state index in [9.17, 15) is 52.7 Å². The van der Waals surface area contributed by atoms with Crippen molar-refractivity contribution in [3.05, 3.63) is 36.8 Å². The zero-order chi connectivity index (χ0) is 24.3. The molecule has 0 bridgehead atoms. The van der Waals surface area contributed by atoms with Crippen LogP contribution in [0.25, 0.3) is 0 Å². The maximum atomic E-state index is 12.0. The maximum Gasteiger partial charge on any atom is 0.588 e. The number of halogens is 12. The lowest BCUT2D eigenvalue weighted by Gasteiger charge is -2.24. The molecule has 0 aliphatic carbocycles. The van der Waals surface area contributed by atoms with Crippen LogP contribution in [0.2, 0.25) is 0 Å². The number of hydrogen-bond acceptors (Lipinski definition) is 7. The Kier molecular flexibility index (Phi) is 7.23. The molecule has 0 fully saturated rings. The van der Waals surface area contributed by atoms with Gasteiger partial charge in [-0.1, -0.05) is 0 Å². The predicted molar refractivity (Wildman–Crippen MR) is 64.5 cm³/mol. The number of rotatable bonds is 1. The summed E-state index contributed by atoms with van der Waals surface area (Å²) in [5.41, 5.74) is 0. The molecule has 1 unspecified atom stereocenters. The Morgan fingerprint density at radius 2 is 1.16 bits per heavy atom. The van der Waals surface area contributed by atoms with E-state index in [1.54, 1.807) is 0 Å². The summed E-state index contributed by atoms with van der Waals surface area (Å²) in [6.45, 7) is 0.593. The first-order chi connectivity index (χ1) is 13.7. The molecular formula is C12H6F12O7. The first kappa shape index (κ1) is 26.0. The van der Waals surface area contributed by atoms with Crippen LogP contribution in [-0.2, 0) is 33.2 Å². The molecule has 0 saturated heterocycles. The van der Waals surface area contributed by atoms with Gasteiger partial charge in [-0.15, -0.1) is 30.7 Å². The quantitative estimate of drug-likeness (QED) is 0.460. The molecule has 0 amide bonds. The Morgan fingerprint density at radius 1 is 0.710 bits per heavy atom. The summed E-state index contributed by atoms with van der Waals surface area (Å²) < 4.78 is 163. The second-order valence-electron chi connectivity index (χ2n) is 4.86. The van der Waals surface area contributed by atoms with Gasteiger partial charge in [-0.25, -0.2) is 0 Å². The second-order valence-corrected chi connectivity index (χ2v) is 4.86. The monoisotopic (exact) mass is 490 g/mol. The third-order valence-corrected chi connectivity index (χ3v) is 2.42. The minimum atomic E-state index is -5.07. The summed E-state index contributed by atoms with van der Waals surface area (Å²) in [5.74, 6) is -4.29. The lowest BCUT2D eigenvalue weighted by atomic mass is 10.3. The van der Waals surface area contributed by atoms with Crippen molar-refractivity contribution < 1.29 is 85.8 Å². The summed E-state index contributed by atoms with van der Waals surface area (Å²) in [7, 11) is 0. The third-order valence-electron chi connectivity index (χ3n) is 2.42. The van der Waals surface area contributed by atoms with Crippen LogP contribution in [0.1, 0.15) is 6.92 Å². The van der Waals surface area contributed by atoms with Gasteiger partial charge < -0.3 is 33.2 Å². The highest BCUT2D eigenvalue weighted by Gasteiger charge is 2.59. The average molecular weight is 490 g/mol. The van der Waals surface area contributed by atoms with Gasteiger partial charge >= 0.3 is 48.9 Å². The molecule has 0 aromatic rings. The molecule has 3 aliphatic rings. The second kappa shape index (κ2) is 8.61. The van der Waals surface area contributed by atoms with Crippen molar-refractivity contribution in [3.8, 4) is 0 Å². The van der Waals surface area contributed by atoms with Gasteiger partial charge in [0.25, 0.3) is 0 Å². The van der Waals surface area contributed by atoms with E-state index in [1.165, 1.54) is 0 Å². The van der Waals surface area contributed by atoms with Crippen LogP contribution in [0, 0.1) is 0 Å². The van der Waals surface area contributed by atoms with Crippen LogP contribution < -0.4 is 0 Å². The van der Waals surface area contributed by atoms with Gasteiger partial charge in [-0.3, -0.25) is 0 Å². The van der Waals surface area contributed by atoms with Crippen molar-refractivity contribution in [2.45, 2.75) is 37.8 Å². The molecule has 0 aromatic heterocycles. The number of hydrogen-bond donors (Lipinski definition) is 0. The van der Waals surface area contributed by atoms with Crippen LogP contribution in [0.15, 0.2) is 36.8 Å². The van der Waals surface area contributed by atoms with Crippen LogP contribution in [0.3, 0.4) is 0 Å². The first-order valence-electron chi connectivity index (χ1n) is 6.84. The minimum Gasteiger partial charge on any atom is -0.446 e. The highest BCUT2D eigenvalue weighted by Crippen LogP contribution is 2.40. The molecule has 7 nitrogen and oxygen atoms in total. The Morgan fingerprint density at radius 3 is 1.39 bits per heavy atom. The summed E-state index contributed by atoms with van der Waals surface area (Å²) >= 11 is 0. The SMILES string of the molecule is CC1(C(F)(F)F)OC=C(F)O1.FC(F)(F)OC1=COC(F)(F)O1.FC1=COC(F)(F)O1. The largest absolute Gasteiger partial charge is 0.588 e. The standard InChI is InChI=1S/C5H4F4O2.C4HF5O3.C3HF3O2/c1-4(5(7,8)9)10-2-3(6)11-4;5-3(6,7)11-2-1-10-4(8,9)12-2;4-2-1-7-3(5,6)8-2/h2H,1H3;1H;1H. The lowest BCUT2D eigenvalue weighted by molar-refractivity contribution is -0.372. The molecule has 180 valence electrons. The van der Waals surface area contributed by atoms with E-state index in [0.717, 1.165) is 0 Å². The lowest BCUT2D eigenvalue weighted by Crippen LogP contribution is -2.43. The Hall–Kier alpha value is -3.02. The van der Waals surface area contributed by atoms with E-state index in [4.69, 9.17) is 0 Å². The van der Waals surface area contributed by atoms with E-state index < -0.39 is 48.9 Å². The van der Waals surface area contributed by atoms with E-state index in [0.29, 0.717) is 6.92 Å². The molecule has 31 heavy (non-hydrogen) atoms. The van der Waals surface area contributed by atoms with Gasteiger partial charge in [0.05, 0.1) is 0 Å². The molecule has 0 spiro atoms. The highest BCUT2D eigenvalue weighted by molar-refractivity contribution is 4.91. The number of ether oxygens (including phenoxy) is 7. The molecule has 0 N–H and O–H groups in total. The van der Waals surface area contributed by atoms with Crippen LogP contribution >= 0.6 is 0 Å². The Labute approximate surface area is 161 Å². The van der Waals surface area contributed by atoms with Gasteiger partial charge in [0.2, 0.25) is 0 Å². The third kappa shape index (κ3) is 8.70. The van der Waals surface area contributed by atoms with Crippen molar-refractivity contribution in [3.63, 3.8) is 0 Å². The molecule has 3 aliphatic heterocycles. The van der Waals surface area contributed by atoms with Crippen molar-refractivity contribution in [2.75, 3.05) is 0 Å². The molecule has 0 aromatic carbocycles. The van der Waals surface area contributed by atoms with Crippen molar-refractivity contribution in [1.29, 1.82) is 0 Å². The summed E-state index contributed by atoms with van der Waals surface area (Å²) in [5, 5.41) is 0. The van der Waals surface area contributed by atoms with Crippen molar-refractivity contribution in [2.24, 2.45) is 0 Å². The molecule has 3 heterocycles. The maximum absolute atomic E-state index is 12.0. The van der Waals surface area contributed by atoms with Gasteiger partial charge in [-0.2, -0.15) is 22.0 Å². The van der Waals surface area contributed by atoms with Crippen molar-refractivity contribution in [1.82, 2.24) is 0 Å². The van der Waals surface area contributed by atoms with Crippen LogP contribution in [0.5, 0.6) is 0 Å². The van der Waals surface area contributed by atoms with E-state index >= 15 is 0 Å². The van der Waals surface area contributed by atoms with Gasteiger partial charge in [-0.05, 0) is 0 Å². The molecule has 0 saturated carbocycles. The molecule has 0 radical (unpaired) electrons. The van der Waals surface area contributed by atoms with Crippen LogP contribution in [-0.4, -0.2) is 30.9 Å². The number of alkyl halides is 10. The Balaban J connectivity index is 0.000000237.